The molecule has 0 heterocycles. The van der Waals surface area contributed by atoms with Crippen LogP contribution in [0.4, 0.5) is 0 Å². The molecule has 0 saturated heterocycles. The molecule has 2 heteroatoms. The van der Waals surface area contributed by atoms with E-state index < -0.39 is 0 Å². The molecule has 0 aromatic carbocycles. The standard InChI is InChI=1S/C25H49NO/c1-7-8-9-10-11-12-13-14-15-16-17-18-19-20-21-23(4)25(5,6)26-24(27)22(2)3/h23H,2,7-21H2,1,3-6H3,(H,26,27). The number of carbonyl (C=O) groups is 1. The van der Waals surface area contributed by atoms with Gasteiger partial charge in [0.15, 0.2) is 0 Å². The fraction of sp³-hybridized carbons (Fsp3) is 0.880. The molecule has 0 fully saturated rings. The highest BCUT2D eigenvalue weighted by atomic mass is 16.1. The zero-order valence-corrected chi connectivity index (χ0v) is 19.3. The van der Waals surface area contributed by atoms with Gasteiger partial charge in [-0.3, -0.25) is 4.79 Å². The first-order valence-corrected chi connectivity index (χ1v) is 11.8. The molecule has 1 atom stereocenters. The minimum Gasteiger partial charge on any atom is -0.347 e. The molecular formula is C25H49NO. The molecule has 0 aliphatic heterocycles. The van der Waals surface area contributed by atoms with Crippen molar-refractivity contribution in [2.75, 3.05) is 0 Å². The zero-order valence-electron chi connectivity index (χ0n) is 19.3. The van der Waals surface area contributed by atoms with Crippen molar-refractivity contribution in [1.29, 1.82) is 0 Å². The van der Waals surface area contributed by atoms with Gasteiger partial charge in [-0.05, 0) is 33.1 Å². The third kappa shape index (κ3) is 14.9. The third-order valence-electron chi connectivity index (χ3n) is 6.05. The first kappa shape index (κ1) is 26.2. The van der Waals surface area contributed by atoms with Crippen molar-refractivity contribution < 1.29 is 4.79 Å². The van der Waals surface area contributed by atoms with Gasteiger partial charge in [0.05, 0.1) is 0 Å². The van der Waals surface area contributed by atoms with E-state index in [4.69, 9.17) is 0 Å². The van der Waals surface area contributed by atoms with Crippen LogP contribution in [0.5, 0.6) is 0 Å². The van der Waals surface area contributed by atoms with E-state index in [1.807, 2.05) is 0 Å². The molecule has 0 aromatic rings. The summed E-state index contributed by atoms with van der Waals surface area (Å²) in [5.74, 6) is 0.464. The molecule has 1 amide bonds. The largest absolute Gasteiger partial charge is 0.347 e. The van der Waals surface area contributed by atoms with E-state index in [-0.39, 0.29) is 11.4 Å². The van der Waals surface area contributed by atoms with E-state index in [0.717, 1.165) is 0 Å². The average molecular weight is 380 g/mol. The van der Waals surface area contributed by atoms with E-state index >= 15 is 0 Å². The molecule has 0 aliphatic rings. The second-order valence-electron chi connectivity index (χ2n) is 9.24. The lowest BCUT2D eigenvalue weighted by atomic mass is 9.84. The maximum Gasteiger partial charge on any atom is 0.246 e. The Morgan fingerprint density at radius 2 is 1.19 bits per heavy atom. The minimum atomic E-state index is -0.160. The van der Waals surface area contributed by atoms with Crippen LogP contribution in [0.25, 0.3) is 0 Å². The van der Waals surface area contributed by atoms with Gasteiger partial charge in [-0.1, -0.05) is 110 Å². The molecule has 27 heavy (non-hydrogen) atoms. The minimum absolute atomic E-state index is 0.0205. The molecule has 0 bridgehead atoms. The van der Waals surface area contributed by atoms with Crippen molar-refractivity contribution in [3.8, 4) is 0 Å². The Hall–Kier alpha value is -0.790. The topological polar surface area (TPSA) is 29.1 Å². The molecule has 0 saturated carbocycles. The lowest BCUT2D eigenvalue weighted by Gasteiger charge is -2.33. The van der Waals surface area contributed by atoms with Crippen LogP contribution in [0.15, 0.2) is 12.2 Å². The van der Waals surface area contributed by atoms with Crippen LogP contribution in [0.3, 0.4) is 0 Å². The number of hydrogen-bond acceptors (Lipinski definition) is 1. The Balaban J connectivity index is 3.50. The van der Waals surface area contributed by atoms with E-state index in [0.29, 0.717) is 11.5 Å². The molecular weight excluding hydrogens is 330 g/mol. The van der Waals surface area contributed by atoms with Crippen molar-refractivity contribution in [3.05, 3.63) is 12.2 Å². The average Bonchev–Trinajstić information content (AvgIpc) is 2.61. The van der Waals surface area contributed by atoms with Gasteiger partial charge in [-0.2, -0.15) is 0 Å². The molecule has 1 N–H and O–H groups in total. The lowest BCUT2D eigenvalue weighted by Crippen LogP contribution is -2.48. The second-order valence-corrected chi connectivity index (χ2v) is 9.24. The van der Waals surface area contributed by atoms with Crippen LogP contribution in [-0.2, 0) is 4.79 Å². The molecule has 0 radical (unpaired) electrons. The van der Waals surface area contributed by atoms with Crippen LogP contribution >= 0.6 is 0 Å². The fourth-order valence-corrected chi connectivity index (χ4v) is 3.53. The van der Waals surface area contributed by atoms with Crippen molar-refractivity contribution in [2.45, 2.75) is 136 Å². The monoisotopic (exact) mass is 379 g/mol. The number of unbranched alkanes of at least 4 members (excludes halogenated alkanes) is 13. The predicted molar refractivity (Wildman–Crippen MR) is 121 cm³/mol. The second kappa shape index (κ2) is 16.2. The number of carbonyl (C=O) groups excluding carboxylic acids is 1. The first-order valence-electron chi connectivity index (χ1n) is 11.8. The van der Waals surface area contributed by atoms with Crippen LogP contribution in [0.2, 0.25) is 0 Å². The summed E-state index contributed by atoms with van der Waals surface area (Å²) in [6.07, 6.45) is 20.8. The van der Waals surface area contributed by atoms with Gasteiger partial charge < -0.3 is 5.32 Å². The summed E-state index contributed by atoms with van der Waals surface area (Å²) in [5.41, 5.74) is 0.429. The summed E-state index contributed by atoms with van der Waals surface area (Å²) in [4.78, 5) is 11.9. The van der Waals surface area contributed by atoms with Crippen molar-refractivity contribution in [2.24, 2.45) is 5.92 Å². The van der Waals surface area contributed by atoms with Gasteiger partial charge >= 0.3 is 0 Å². The molecule has 1 unspecified atom stereocenters. The van der Waals surface area contributed by atoms with Crippen LogP contribution in [0.1, 0.15) is 131 Å². The normalized spacial score (nSPS) is 12.8. The predicted octanol–water partition coefficient (Wildman–Crippen LogP) is 7.96. The van der Waals surface area contributed by atoms with Crippen molar-refractivity contribution in [1.82, 2.24) is 5.32 Å². The van der Waals surface area contributed by atoms with Crippen LogP contribution < -0.4 is 5.32 Å². The Kier molecular flexibility index (Phi) is 15.7. The van der Waals surface area contributed by atoms with E-state index in [2.05, 4.69) is 39.6 Å². The van der Waals surface area contributed by atoms with Crippen molar-refractivity contribution in [3.63, 3.8) is 0 Å². The van der Waals surface area contributed by atoms with Crippen LogP contribution in [0, 0.1) is 5.92 Å². The van der Waals surface area contributed by atoms with Gasteiger partial charge in [-0.25, -0.2) is 0 Å². The Bertz CT molecular complexity index is 386. The van der Waals surface area contributed by atoms with E-state index in [9.17, 15) is 4.79 Å². The van der Waals surface area contributed by atoms with E-state index in [1.54, 1.807) is 6.92 Å². The summed E-state index contributed by atoms with van der Waals surface area (Å²) in [6.45, 7) is 14.3. The highest BCUT2D eigenvalue weighted by molar-refractivity contribution is 5.92. The number of nitrogens with one attached hydrogen (secondary N) is 1. The van der Waals surface area contributed by atoms with Gasteiger partial charge in [0.2, 0.25) is 5.91 Å². The third-order valence-corrected chi connectivity index (χ3v) is 6.05. The lowest BCUT2D eigenvalue weighted by molar-refractivity contribution is -0.119. The number of rotatable bonds is 18. The van der Waals surface area contributed by atoms with Gasteiger partial charge in [0.1, 0.15) is 0 Å². The zero-order chi connectivity index (χ0) is 20.5. The molecule has 0 aromatic heterocycles. The molecule has 160 valence electrons. The number of amides is 1. The first-order chi connectivity index (χ1) is 12.8. The Morgan fingerprint density at radius 3 is 1.56 bits per heavy atom. The summed E-state index contributed by atoms with van der Waals surface area (Å²) in [5, 5.41) is 3.12. The Morgan fingerprint density at radius 1 is 0.815 bits per heavy atom. The van der Waals surface area contributed by atoms with E-state index in [1.165, 1.54) is 96.3 Å². The quantitative estimate of drug-likeness (QED) is 0.190. The molecule has 2 nitrogen and oxygen atoms in total. The van der Waals surface area contributed by atoms with Crippen molar-refractivity contribution >= 4 is 5.91 Å². The highest BCUT2D eigenvalue weighted by Crippen LogP contribution is 2.23. The van der Waals surface area contributed by atoms with Gasteiger partial charge in [-0.15, -0.1) is 0 Å². The summed E-state index contributed by atoms with van der Waals surface area (Å²) >= 11 is 0. The number of hydrogen-bond donors (Lipinski definition) is 1. The van der Waals surface area contributed by atoms with Crippen LogP contribution in [-0.4, -0.2) is 11.4 Å². The SMILES string of the molecule is C=C(C)C(=O)NC(C)(C)C(C)CCCCCCCCCCCCCCCC. The fourth-order valence-electron chi connectivity index (χ4n) is 3.53. The maximum absolute atomic E-state index is 11.9. The van der Waals surface area contributed by atoms with Gasteiger partial charge in [0, 0.05) is 11.1 Å². The Labute approximate surface area is 171 Å². The summed E-state index contributed by atoms with van der Waals surface area (Å²) in [6, 6.07) is 0. The van der Waals surface area contributed by atoms with Gasteiger partial charge in [0.25, 0.3) is 0 Å². The summed E-state index contributed by atoms with van der Waals surface area (Å²) < 4.78 is 0. The summed E-state index contributed by atoms with van der Waals surface area (Å²) in [7, 11) is 0. The highest BCUT2D eigenvalue weighted by Gasteiger charge is 2.27. The molecule has 0 spiro atoms. The molecule has 0 rings (SSSR count). The smallest absolute Gasteiger partial charge is 0.246 e. The molecule has 0 aliphatic carbocycles. The maximum atomic E-state index is 11.9.